The van der Waals surface area contributed by atoms with Crippen LogP contribution in [0.2, 0.25) is 0 Å². The first kappa shape index (κ1) is 105. The molecule has 0 aromatic heterocycles. The molecule has 0 aliphatic carbocycles. The summed E-state index contributed by atoms with van der Waals surface area (Å²) in [5, 5.41) is 10.7. The van der Waals surface area contributed by atoms with Crippen LogP contribution in [0.25, 0.3) is 0 Å². The largest absolute Gasteiger partial charge is 0.472 e. The molecule has 2 unspecified atom stereocenters. The van der Waals surface area contributed by atoms with E-state index < -0.39 is 97.5 Å². The van der Waals surface area contributed by atoms with Gasteiger partial charge in [0.15, 0.2) is 12.2 Å². The Balaban J connectivity index is 5.17. The van der Waals surface area contributed by atoms with Crippen LogP contribution in [0.1, 0.15) is 484 Å². The molecule has 0 bridgehead atoms. The van der Waals surface area contributed by atoms with Gasteiger partial charge in [0.05, 0.1) is 26.4 Å². The van der Waals surface area contributed by atoms with Crippen molar-refractivity contribution >= 4 is 39.5 Å². The van der Waals surface area contributed by atoms with Gasteiger partial charge in [-0.05, 0) is 25.7 Å². The molecule has 0 radical (unpaired) electrons. The Hall–Kier alpha value is -1.94. The minimum Gasteiger partial charge on any atom is -0.462 e. The number of rotatable bonds is 89. The number of carbonyl (C=O) groups is 4. The number of hydrogen-bond acceptors (Lipinski definition) is 15. The van der Waals surface area contributed by atoms with E-state index in [2.05, 4.69) is 27.7 Å². The molecule has 0 aliphatic heterocycles. The Bertz CT molecular complexity index is 2020. The van der Waals surface area contributed by atoms with Crippen LogP contribution in [0, 0.1) is 0 Å². The number of ether oxygens (including phenoxy) is 4. The number of aliphatic hydroxyl groups is 1. The number of hydrogen-bond donors (Lipinski definition) is 3. The van der Waals surface area contributed by atoms with Crippen LogP contribution in [0.3, 0.4) is 0 Å². The molecule has 0 saturated heterocycles. The van der Waals surface area contributed by atoms with E-state index in [4.69, 9.17) is 37.0 Å². The molecule has 0 spiro atoms. The zero-order chi connectivity index (χ0) is 78.1. The van der Waals surface area contributed by atoms with Crippen molar-refractivity contribution in [1.29, 1.82) is 0 Å². The molecule has 0 fully saturated rings. The highest BCUT2D eigenvalue weighted by atomic mass is 31.2. The third-order valence-corrected chi connectivity index (χ3v) is 22.8. The zero-order valence-corrected chi connectivity index (χ0v) is 71.9. The van der Waals surface area contributed by atoms with E-state index >= 15 is 0 Å². The van der Waals surface area contributed by atoms with Gasteiger partial charge in [-0.3, -0.25) is 37.3 Å². The summed E-state index contributed by atoms with van der Waals surface area (Å²) in [7, 11) is -9.92. The Morgan fingerprint density at radius 1 is 0.224 bits per heavy atom. The van der Waals surface area contributed by atoms with Gasteiger partial charge < -0.3 is 33.8 Å². The van der Waals surface area contributed by atoms with E-state index in [1.165, 1.54) is 315 Å². The van der Waals surface area contributed by atoms with Gasteiger partial charge in [0.25, 0.3) is 0 Å². The van der Waals surface area contributed by atoms with Crippen LogP contribution < -0.4 is 0 Å². The lowest BCUT2D eigenvalue weighted by Gasteiger charge is -2.21. The first-order valence-electron chi connectivity index (χ1n) is 45.8. The summed E-state index contributed by atoms with van der Waals surface area (Å²) in [6.45, 7) is 5.04. The molecule has 0 heterocycles. The SMILES string of the molecule is CCCCCCCCCCCCCCCCCCCCCCCCC(=O)O[C@H](COC(=O)CCCCCCCCCCCCCCCCCCCCC)COP(=O)(O)OC[C@@H](O)COP(=O)(O)OC[C@@H](COC(=O)CCCCCCCCCC)OC(=O)CCCCCCCCCCCCCCCCCCCC. The highest BCUT2D eigenvalue weighted by molar-refractivity contribution is 7.47. The van der Waals surface area contributed by atoms with Gasteiger partial charge in [-0.2, -0.15) is 0 Å². The quantitative estimate of drug-likeness (QED) is 0.0222. The molecular weight excluding hydrogens is 1390 g/mol. The molecule has 636 valence electrons. The molecular formula is C88H172O17P2. The zero-order valence-electron chi connectivity index (χ0n) is 70.1. The molecule has 0 saturated carbocycles. The first-order chi connectivity index (χ1) is 52.2. The van der Waals surface area contributed by atoms with Gasteiger partial charge >= 0.3 is 39.5 Å². The Morgan fingerprint density at radius 2 is 0.374 bits per heavy atom. The lowest BCUT2D eigenvalue weighted by Crippen LogP contribution is -2.30. The summed E-state index contributed by atoms with van der Waals surface area (Å²) in [5.41, 5.74) is 0. The molecule has 5 atom stereocenters. The van der Waals surface area contributed by atoms with Crippen molar-refractivity contribution in [2.24, 2.45) is 0 Å². The second kappa shape index (κ2) is 82.1. The van der Waals surface area contributed by atoms with Gasteiger partial charge in [-0.25, -0.2) is 9.13 Å². The minimum absolute atomic E-state index is 0.109. The minimum atomic E-state index is -4.97. The number of phosphoric acid groups is 2. The highest BCUT2D eigenvalue weighted by Gasteiger charge is 2.30. The molecule has 0 amide bonds. The molecule has 0 rings (SSSR count). The van der Waals surface area contributed by atoms with Crippen molar-refractivity contribution in [3.8, 4) is 0 Å². The highest BCUT2D eigenvalue weighted by Crippen LogP contribution is 2.45. The van der Waals surface area contributed by atoms with Crippen LogP contribution >= 0.6 is 15.6 Å². The van der Waals surface area contributed by atoms with Gasteiger partial charge in [-0.15, -0.1) is 0 Å². The average Bonchev–Trinajstić information content (AvgIpc) is 0.910. The van der Waals surface area contributed by atoms with Crippen LogP contribution in [0.15, 0.2) is 0 Å². The second-order valence-electron chi connectivity index (χ2n) is 31.6. The lowest BCUT2D eigenvalue weighted by molar-refractivity contribution is -0.161. The second-order valence-corrected chi connectivity index (χ2v) is 34.5. The Kier molecular flexibility index (Phi) is 80.6. The number of aliphatic hydroxyl groups excluding tert-OH is 1. The Morgan fingerprint density at radius 3 is 0.551 bits per heavy atom. The van der Waals surface area contributed by atoms with E-state index in [-0.39, 0.29) is 25.7 Å². The Labute approximate surface area is 658 Å². The van der Waals surface area contributed by atoms with Crippen LogP contribution in [-0.4, -0.2) is 96.7 Å². The monoisotopic (exact) mass is 1560 g/mol. The van der Waals surface area contributed by atoms with E-state index in [1.54, 1.807) is 0 Å². The first-order valence-corrected chi connectivity index (χ1v) is 48.8. The number of unbranched alkanes of at least 4 members (excludes halogenated alkanes) is 63. The smallest absolute Gasteiger partial charge is 0.462 e. The maximum atomic E-state index is 13.2. The van der Waals surface area contributed by atoms with Gasteiger partial charge in [0.1, 0.15) is 19.3 Å². The van der Waals surface area contributed by atoms with Crippen molar-refractivity contribution in [2.45, 2.75) is 502 Å². The summed E-state index contributed by atoms with van der Waals surface area (Å²) in [5.74, 6) is -2.10. The third-order valence-electron chi connectivity index (χ3n) is 20.9. The molecule has 107 heavy (non-hydrogen) atoms. The van der Waals surface area contributed by atoms with Crippen molar-refractivity contribution in [3.63, 3.8) is 0 Å². The molecule has 17 nitrogen and oxygen atoms in total. The number of esters is 4. The summed E-state index contributed by atoms with van der Waals surface area (Å²) >= 11 is 0. The normalized spacial score (nSPS) is 13.7. The standard InChI is InChI=1S/C88H172O17P2/c1-5-9-13-17-21-25-28-31-34-37-40-41-42-44-47-50-53-56-59-63-67-71-75-88(93)105-84(79-99-86(91)73-69-65-61-57-54-51-48-46-43-38-35-32-29-26-22-18-14-10-6-2)81-103-107(96,97)101-77-82(89)76-100-106(94,95)102-80-83(78-98-85(90)72-68-64-60-24-20-16-12-8-4)104-87(92)74-70-66-62-58-55-52-49-45-39-36-33-30-27-23-19-15-11-7-3/h82-84,89H,5-81H2,1-4H3,(H,94,95)(H,96,97)/t82-,83+,84+/m0/s1. The number of phosphoric ester groups is 2. The average molecular weight is 1560 g/mol. The van der Waals surface area contributed by atoms with Gasteiger partial charge in [-0.1, -0.05) is 432 Å². The van der Waals surface area contributed by atoms with Crippen LogP contribution in [-0.2, 0) is 65.4 Å². The summed E-state index contributed by atoms with van der Waals surface area (Å²) < 4.78 is 68.9. The number of carbonyl (C=O) groups excluding carboxylic acids is 4. The van der Waals surface area contributed by atoms with Crippen molar-refractivity contribution in [2.75, 3.05) is 39.6 Å². The van der Waals surface area contributed by atoms with Crippen molar-refractivity contribution in [1.82, 2.24) is 0 Å². The van der Waals surface area contributed by atoms with E-state index in [0.29, 0.717) is 25.7 Å². The maximum Gasteiger partial charge on any atom is 0.472 e. The van der Waals surface area contributed by atoms with E-state index in [0.717, 1.165) is 89.9 Å². The molecule has 3 N–H and O–H groups in total. The summed E-state index contributed by atoms with van der Waals surface area (Å²) in [6, 6.07) is 0. The fourth-order valence-electron chi connectivity index (χ4n) is 13.9. The van der Waals surface area contributed by atoms with E-state index in [9.17, 15) is 43.2 Å². The molecule has 0 aromatic rings. The maximum absolute atomic E-state index is 13.2. The topological polar surface area (TPSA) is 237 Å². The predicted octanol–water partition coefficient (Wildman–Crippen LogP) is 27.3. The van der Waals surface area contributed by atoms with Gasteiger partial charge in [0, 0.05) is 25.7 Å². The van der Waals surface area contributed by atoms with Gasteiger partial charge in [0.2, 0.25) is 0 Å². The predicted molar refractivity (Wildman–Crippen MR) is 442 cm³/mol. The summed E-state index contributed by atoms with van der Waals surface area (Å²) in [6.07, 6.45) is 78.0. The van der Waals surface area contributed by atoms with E-state index in [1.807, 2.05) is 0 Å². The fourth-order valence-corrected chi connectivity index (χ4v) is 15.5. The molecule has 0 aromatic carbocycles. The van der Waals surface area contributed by atoms with Crippen molar-refractivity contribution < 1.29 is 80.2 Å². The summed E-state index contributed by atoms with van der Waals surface area (Å²) in [4.78, 5) is 73.2. The molecule has 19 heteroatoms. The van der Waals surface area contributed by atoms with Crippen molar-refractivity contribution in [3.05, 3.63) is 0 Å². The lowest BCUT2D eigenvalue weighted by atomic mass is 10.0. The van der Waals surface area contributed by atoms with Crippen LogP contribution in [0.5, 0.6) is 0 Å². The molecule has 0 aliphatic rings. The third kappa shape index (κ3) is 81.9. The van der Waals surface area contributed by atoms with Crippen LogP contribution in [0.4, 0.5) is 0 Å². The fraction of sp³-hybridized carbons (Fsp3) is 0.955.